The van der Waals surface area contributed by atoms with Crippen LogP contribution in [-0.4, -0.2) is 21.8 Å². The summed E-state index contributed by atoms with van der Waals surface area (Å²) in [7, 11) is 0. The molecule has 2 fully saturated rings. The summed E-state index contributed by atoms with van der Waals surface area (Å²) in [4.78, 5) is 10.6. The summed E-state index contributed by atoms with van der Waals surface area (Å²) in [5.41, 5.74) is -0.641. The molecule has 14 heavy (non-hydrogen) atoms. The van der Waals surface area contributed by atoms with Crippen LogP contribution in [0.25, 0.3) is 0 Å². The minimum absolute atomic E-state index is 0.290. The first-order valence-electron chi connectivity index (χ1n) is 5.54. The van der Waals surface area contributed by atoms with Gasteiger partial charge in [-0.2, -0.15) is 0 Å². The maximum atomic E-state index is 10.6. The molecule has 0 saturated heterocycles. The monoisotopic (exact) mass is 198 g/mol. The Balaban J connectivity index is 1.79. The summed E-state index contributed by atoms with van der Waals surface area (Å²) in [6.45, 7) is 0. The molecule has 0 spiro atoms. The normalized spacial score (nSPS) is 38.2. The van der Waals surface area contributed by atoms with Gasteiger partial charge in [-0.25, -0.2) is 0 Å². The van der Waals surface area contributed by atoms with Crippen molar-refractivity contribution >= 4 is 5.97 Å². The first-order valence-corrected chi connectivity index (χ1v) is 5.54. The van der Waals surface area contributed by atoms with Crippen LogP contribution in [0.1, 0.15) is 44.9 Å². The molecule has 0 aromatic carbocycles. The summed E-state index contributed by atoms with van der Waals surface area (Å²) >= 11 is 0. The van der Waals surface area contributed by atoms with Crippen molar-refractivity contribution in [2.75, 3.05) is 0 Å². The number of carboxylic acids is 1. The molecule has 0 radical (unpaired) electrons. The molecule has 2 rings (SSSR count). The van der Waals surface area contributed by atoms with Gasteiger partial charge in [0.1, 0.15) is 0 Å². The van der Waals surface area contributed by atoms with Crippen molar-refractivity contribution < 1.29 is 15.0 Å². The summed E-state index contributed by atoms with van der Waals surface area (Å²) in [5, 5.41) is 18.7. The molecule has 0 aromatic heterocycles. The molecule has 3 heteroatoms. The van der Waals surface area contributed by atoms with Crippen LogP contribution in [0.5, 0.6) is 0 Å². The molecule has 0 aliphatic heterocycles. The predicted molar refractivity (Wildman–Crippen MR) is 51.9 cm³/mol. The topological polar surface area (TPSA) is 57.5 Å². The van der Waals surface area contributed by atoms with Gasteiger partial charge >= 0.3 is 5.97 Å². The van der Waals surface area contributed by atoms with Gasteiger partial charge in [0.05, 0.1) is 11.5 Å². The molecule has 0 atom stereocenters. The highest BCUT2D eigenvalue weighted by molar-refractivity contribution is 5.71. The van der Waals surface area contributed by atoms with E-state index in [0.29, 0.717) is 18.8 Å². The molecule has 80 valence electrons. The van der Waals surface area contributed by atoms with Crippen molar-refractivity contribution in [3.63, 3.8) is 0 Å². The van der Waals surface area contributed by atoms with E-state index in [1.165, 1.54) is 25.7 Å². The van der Waals surface area contributed by atoms with Crippen LogP contribution >= 0.6 is 0 Å². The van der Waals surface area contributed by atoms with E-state index in [1.54, 1.807) is 0 Å². The molecule has 0 aromatic rings. The van der Waals surface area contributed by atoms with Crippen molar-refractivity contribution in [3.8, 4) is 0 Å². The Kier molecular flexibility index (Phi) is 2.52. The van der Waals surface area contributed by atoms with Gasteiger partial charge in [0.2, 0.25) is 0 Å². The zero-order valence-corrected chi connectivity index (χ0v) is 8.41. The van der Waals surface area contributed by atoms with Crippen LogP contribution in [0, 0.1) is 11.8 Å². The highest BCUT2D eigenvalue weighted by Crippen LogP contribution is 2.45. The predicted octanol–water partition coefficient (Wildman–Crippen LogP) is 1.79. The SMILES string of the molecule is O=C(O)C1CC(O)(CC2CCCC2)C1. The third-order valence-corrected chi connectivity index (χ3v) is 3.75. The Morgan fingerprint density at radius 2 is 1.86 bits per heavy atom. The van der Waals surface area contributed by atoms with Crippen LogP contribution < -0.4 is 0 Å². The number of carboxylic acid groups (broad SMARTS) is 1. The molecule has 3 nitrogen and oxygen atoms in total. The first kappa shape index (κ1) is 9.97. The highest BCUT2D eigenvalue weighted by Gasteiger charge is 2.47. The van der Waals surface area contributed by atoms with Gasteiger partial charge in [-0.3, -0.25) is 4.79 Å². The smallest absolute Gasteiger partial charge is 0.306 e. The molecule has 0 bridgehead atoms. The lowest BCUT2D eigenvalue weighted by Gasteiger charge is -2.43. The number of hydrogen-bond donors (Lipinski definition) is 2. The van der Waals surface area contributed by atoms with E-state index >= 15 is 0 Å². The fourth-order valence-electron chi connectivity index (χ4n) is 2.95. The first-order chi connectivity index (χ1) is 6.59. The largest absolute Gasteiger partial charge is 0.481 e. The van der Waals surface area contributed by atoms with Crippen molar-refractivity contribution in [1.29, 1.82) is 0 Å². The van der Waals surface area contributed by atoms with Crippen molar-refractivity contribution in [3.05, 3.63) is 0 Å². The van der Waals surface area contributed by atoms with Gasteiger partial charge < -0.3 is 10.2 Å². The summed E-state index contributed by atoms with van der Waals surface area (Å²) in [6.07, 6.45) is 6.78. The van der Waals surface area contributed by atoms with Gasteiger partial charge in [0.25, 0.3) is 0 Å². The zero-order chi connectivity index (χ0) is 10.2. The maximum absolute atomic E-state index is 10.6. The summed E-state index contributed by atoms with van der Waals surface area (Å²) in [5.74, 6) is -0.391. The fourth-order valence-corrected chi connectivity index (χ4v) is 2.95. The van der Waals surface area contributed by atoms with E-state index in [-0.39, 0.29) is 5.92 Å². The van der Waals surface area contributed by atoms with E-state index < -0.39 is 11.6 Å². The number of rotatable bonds is 3. The second-order valence-corrected chi connectivity index (χ2v) is 5.02. The molecule has 2 aliphatic rings. The van der Waals surface area contributed by atoms with E-state index in [0.717, 1.165) is 6.42 Å². The van der Waals surface area contributed by atoms with Crippen LogP contribution in [0.2, 0.25) is 0 Å². The van der Waals surface area contributed by atoms with Gasteiger partial charge in [-0.1, -0.05) is 25.7 Å². The van der Waals surface area contributed by atoms with E-state index in [4.69, 9.17) is 5.11 Å². The number of aliphatic carboxylic acids is 1. The Labute approximate surface area is 84.1 Å². The Morgan fingerprint density at radius 3 is 2.36 bits per heavy atom. The second-order valence-electron chi connectivity index (χ2n) is 5.02. The number of aliphatic hydroxyl groups is 1. The third kappa shape index (κ3) is 1.92. The maximum Gasteiger partial charge on any atom is 0.306 e. The molecule has 2 N–H and O–H groups in total. The Hall–Kier alpha value is -0.570. The number of carbonyl (C=O) groups is 1. The van der Waals surface area contributed by atoms with Crippen molar-refractivity contribution in [1.82, 2.24) is 0 Å². The Bertz CT molecular complexity index is 225. The van der Waals surface area contributed by atoms with Crippen LogP contribution in [0.4, 0.5) is 0 Å². The number of hydrogen-bond acceptors (Lipinski definition) is 2. The lowest BCUT2D eigenvalue weighted by Crippen LogP contribution is -2.47. The van der Waals surface area contributed by atoms with E-state index in [2.05, 4.69) is 0 Å². The summed E-state index contributed by atoms with van der Waals surface area (Å²) in [6, 6.07) is 0. The minimum atomic E-state index is -0.749. The van der Waals surface area contributed by atoms with Gasteiger partial charge in [0, 0.05) is 0 Å². The molecule has 2 aliphatic carbocycles. The molecular formula is C11H18O3. The van der Waals surface area contributed by atoms with Gasteiger partial charge in [-0.05, 0) is 25.2 Å². The quantitative estimate of drug-likeness (QED) is 0.727. The van der Waals surface area contributed by atoms with E-state index in [9.17, 15) is 9.90 Å². The lowest BCUT2D eigenvalue weighted by molar-refractivity contribution is -0.160. The van der Waals surface area contributed by atoms with Crippen LogP contribution in [-0.2, 0) is 4.79 Å². The zero-order valence-electron chi connectivity index (χ0n) is 8.41. The highest BCUT2D eigenvalue weighted by atomic mass is 16.4. The fraction of sp³-hybridized carbons (Fsp3) is 0.909. The van der Waals surface area contributed by atoms with E-state index in [1.807, 2.05) is 0 Å². The summed E-state index contributed by atoms with van der Waals surface area (Å²) < 4.78 is 0. The second kappa shape index (κ2) is 3.54. The van der Waals surface area contributed by atoms with Crippen LogP contribution in [0.15, 0.2) is 0 Å². The minimum Gasteiger partial charge on any atom is -0.481 e. The van der Waals surface area contributed by atoms with Crippen LogP contribution in [0.3, 0.4) is 0 Å². The molecule has 0 unspecified atom stereocenters. The van der Waals surface area contributed by atoms with Crippen molar-refractivity contribution in [2.45, 2.75) is 50.5 Å². The average Bonchev–Trinajstić information content (AvgIpc) is 2.51. The third-order valence-electron chi connectivity index (χ3n) is 3.75. The average molecular weight is 198 g/mol. The standard InChI is InChI=1S/C11H18O3/c12-10(13)9-6-11(14,7-9)5-8-3-1-2-4-8/h8-9,14H,1-7H2,(H,12,13). The molecule has 0 amide bonds. The Morgan fingerprint density at radius 1 is 1.29 bits per heavy atom. The lowest BCUT2D eigenvalue weighted by atomic mass is 9.67. The molecule has 0 heterocycles. The van der Waals surface area contributed by atoms with Gasteiger partial charge in [-0.15, -0.1) is 0 Å². The van der Waals surface area contributed by atoms with Gasteiger partial charge in [0.15, 0.2) is 0 Å². The van der Waals surface area contributed by atoms with Crippen molar-refractivity contribution in [2.24, 2.45) is 11.8 Å². The molecule has 2 saturated carbocycles. The molecular weight excluding hydrogens is 180 g/mol.